The van der Waals surface area contributed by atoms with E-state index in [0.29, 0.717) is 5.56 Å². The van der Waals surface area contributed by atoms with Crippen molar-refractivity contribution in [3.05, 3.63) is 33.3 Å². The Hall–Kier alpha value is -2.14. The third kappa shape index (κ3) is 5.00. The lowest BCUT2D eigenvalue weighted by molar-refractivity contribution is -0.117. The van der Waals surface area contributed by atoms with Crippen LogP contribution in [0.5, 0.6) is 5.75 Å². The van der Waals surface area contributed by atoms with Crippen LogP contribution in [0.25, 0.3) is 6.08 Å². The Morgan fingerprint density at radius 1 is 1.45 bits per heavy atom. The summed E-state index contributed by atoms with van der Waals surface area (Å²) < 4.78 is 5.24. The van der Waals surface area contributed by atoms with Gasteiger partial charge in [-0.2, -0.15) is 5.26 Å². The van der Waals surface area contributed by atoms with E-state index < -0.39 is 5.91 Å². The molecule has 0 fully saturated rings. The molecular weight excluding hydrogens is 323 g/mol. The summed E-state index contributed by atoms with van der Waals surface area (Å²) in [6, 6.07) is 4.86. The van der Waals surface area contributed by atoms with Crippen molar-refractivity contribution in [1.82, 2.24) is 5.32 Å². The van der Waals surface area contributed by atoms with Crippen LogP contribution in [0.15, 0.2) is 17.7 Å². The molecule has 0 unspecified atom stereocenters. The first kappa shape index (κ1) is 17.9. The van der Waals surface area contributed by atoms with Gasteiger partial charge in [0.1, 0.15) is 18.2 Å². The van der Waals surface area contributed by atoms with Gasteiger partial charge in [0.15, 0.2) is 5.75 Å². The van der Waals surface area contributed by atoms with Gasteiger partial charge in [-0.15, -0.1) is 6.42 Å². The van der Waals surface area contributed by atoms with Crippen LogP contribution in [0.2, 0.25) is 10.0 Å². The molecule has 6 heteroatoms. The monoisotopic (exact) mass is 336 g/mol. The van der Waals surface area contributed by atoms with Crippen molar-refractivity contribution < 1.29 is 9.53 Å². The fourth-order valence-corrected chi connectivity index (χ4v) is 2.18. The van der Waals surface area contributed by atoms with E-state index in [2.05, 4.69) is 11.2 Å². The van der Waals surface area contributed by atoms with Crippen LogP contribution in [0.4, 0.5) is 0 Å². The van der Waals surface area contributed by atoms with E-state index in [0.717, 1.165) is 0 Å². The van der Waals surface area contributed by atoms with E-state index in [1.54, 1.807) is 26.0 Å². The fraction of sp³-hybridized carbons (Fsp3) is 0.250. The van der Waals surface area contributed by atoms with Gasteiger partial charge >= 0.3 is 0 Å². The molecule has 0 aliphatic carbocycles. The highest BCUT2D eigenvalue weighted by Crippen LogP contribution is 2.34. The average molecular weight is 337 g/mol. The minimum atomic E-state index is -0.461. The van der Waals surface area contributed by atoms with Crippen LogP contribution >= 0.6 is 23.2 Å². The normalized spacial score (nSPS) is 10.8. The van der Waals surface area contributed by atoms with Crippen molar-refractivity contribution in [3.8, 4) is 24.2 Å². The number of halogens is 2. The quantitative estimate of drug-likeness (QED) is 0.509. The number of hydrogen-bond acceptors (Lipinski definition) is 3. The molecule has 0 saturated heterocycles. The zero-order chi connectivity index (χ0) is 16.7. The first-order chi connectivity index (χ1) is 10.4. The number of ether oxygens (including phenoxy) is 1. The maximum atomic E-state index is 11.9. The van der Waals surface area contributed by atoms with E-state index in [1.165, 1.54) is 6.08 Å². The first-order valence-electron chi connectivity index (χ1n) is 6.37. The van der Waals surface area contributed by atoms with Crippen molar-refractivity contribution in [3.63, 3.8) is 0 Å². The zero-order valence-corrected chi connectivity index (χ0v) is 13.6. The predicted octanol–water partition coefficient (Wildman–Crippen LogP) is 3.44. The molecule has 0 heterocycles. The van der Waals surface area contributed by atoms with Gasteiger partial charge in [0.25, 0.3) is 5.91 Å². The molecule has 114 valence electrons. The van der Waals surface area contributed by atoms with Crippen LogP contribution in [-0.2, 0) is 4.79 Å². The number of amides is 1. The van der Waals surface area contributed by atoms with E-state index in [9.17, 15) is 4.79 Å². The zero-order valence-electron chi connectivity index (χ0n) is 12.1. The Morgan fingerprint density at radius 3 is 2.50 bits per heavy atom. The highest BCUT2D eigenvalue weighted by atomic mass is 35.5. The summed E-state index contributed by atoms with van der Waals surface area (Å²) in [5, 5.41) is 12.2. The van der Waals surface area contributed by atoms with Gasteiger partial charge in [0.2, 0.25) is 0 Å². The van der Waals surface area contributed by atoms with Crippen LogP contribution in [0.3, 0.4) is 0 Å². The number of nitriles is 1. The van der Waals surface area contributed by atoms with E-state index in [-0.39, 0.29) is 34.0 Å². The number of hydrogen-bond donors (Lipinski definition) is 1. The largest absolute Gasteiger partial charge is 0.478 e. The molecule has 0 bridgehead atoms. The Bertz CT molecular complexity index is 659. The number of rotatable bonds is 5. The molecule has 0 spiro atoms. The van der Waals surface area contributed by atoms with E-state index >= 15 is 0 Å². The van der Waals surface area contributed by atoms with Gasteiger partial charge < -0.3 is 10.1 Å². The highest BCUT2D eigenvalue weighted by Gasteiger charge is 2.13. The van der Waals surface area contributed by atoms with Crippen molar-refractivity contribution in [2.24, 2.45) is 0 Å². The summed E-state index contributed by atoms with van der Waals surface area (Å²) in [4.78, 5) is 11.9. The molecule has 0 aliphatic rings. The van der Waals surface area contributed by atoms with Gasteiger partial charge in [-0.3, -0.25) is 4.79 Å². The Labute approximate surface area is 139 Å². The van der Waals surface area contributed by atoms with Crippen molar-refractivity contribution in [1.29, 1.82) is 5.26 Å². The van der Waals surface area contributed by atoms with Gasteiger partial charge in [0, 0.05) is 6.04 Å². The van der Waals surface area contributed by atoms with Crippen LogP contribution < -0.4 is 10.1 Å². The third-order valence-electron chi connectivity index (χ3n) is 2.42. The number of nitrogens with zero attached hydrogens (tertiary/aromatic N) is 1. The average Bonchev–Trinajstić information content (AvgIpc) is 2.43. The number of terminal acetylenes is 1. The lowest BCUT2D eigenvalue weighted by Gasteiger charge is -2.09. The van der Waals surface area contributed by atoms with Crippen LogP contribution in [0, 0.1) is 23.7 Å². The van der Waals surface area contributed by atoms with Crippen molar-refractivity contribution in [2.45, 2.75) is 19.9 Å². The minimum absolute atomic E-state index is 0.0366. The Morgan fingerprint density at radius 2 is 2.05 bits per heavy atom. The highest BCUT2D eigenvalue weighted by molar-refractivity contribution is 6.37. The second-order valence-electron chi connectivity index (χ2n) is 4.60. The predicted molar refractivity (Wildman–Crippen MR) is 87.7 cm³/mol. The number of nitrogens with one attached hydrogen (secondary N) is 1. The number of carbonyl (C=O) groups excluding carboxylic acids is 1. The summed E-state index contributed by atoms with van der Waals surface area (Å²) in [6.45, 7) is 3.64. The second kappa shape index (κ2) is 8.34. The molecule has 4 nitrogen and oxygen atoms in total. The standard InChI is InChI=1S/C16H14Cl2N2O2/c1-4-5-22-15-13(17)7-11(8-14(15)18)6-12(9-19)16(21)20-10(2)3/h1,6-8,10H,5H2,2-3H3,(H,20,21)/b12-6-. The molecule has 1 rings (SSSR count). The van der Waals surface area contributed by atoms with Crippen molar-refractivity contribution >= 4 is 35.2 Å². The van der Waals surface area contributed by atoms with Gasteiger partial charge in [-0.05, 0) is 37.6 Å². The summed E-state index contributed by atoms with van der Waals surface area (Å²) in [7, 11) is 0. The molecular formula is C16H14Cl2N2O2. The molecule has 1 N–H and O–H groups in total. The lowest BCUT2D eigenvalue weighted by Crippen LogP contribution is -2.30. The Balaban J connectivity index is 3.12. The summed E-state index contributed by atoms with van der Waals surface area (Å²) in [5.74, 6) is 2.12. The fourth-order valence-electron chi connectivity index (χ4n) is 1.57. The van der Waals surface area contributed by atoms with Gasteiger partial charge in [-0.25, -0.2) is 0 Å². The molecule has 0 saturated carbocycles. The topological polar surface area (TPSA) is 62.1 Å². The molecule has 1 amide bonds. The van der Waals surface area contributed by atoms with Gasteiger partial charge in [0.05, 0.1) is 10.0 Å². The van der Waals surface area contributed by atoms with Crippen LogP contribution in [-0.4, -0.2) is 18.6 Å². The van der Waals surface area contributed by atoms with E-state index in [1.807, 2.05) is 6.07 Å². The molecule has 0 radical (unpaired) electrons. The maximum absolute atomic E-state index is 11.9. The third-order valence-corrected chi connectivity index (χ3v) is 2.98. The smallest absolute Gasteiger partial charge is 0.262 e. The van der Waals surface area contributed by atoms with Crippen LogP contribution in [0.1, 0.15) is 19.4 Å². The minimum Gasteiger partial charge on any atom is -0.478 e. The summed E-state index contributed by atoms with van der Waals surface area (Å²) in [6.07, 6.45) is 6.52. The number of carbonyl (C=O) groups is 1. The summed E-state index contributed by atoms with van der Waals surface area (Å²) >= 11 is 12.1. The second-order valence-corrected chi connectivity index (χ2v) is 5.42. The maximum Gasteiger partial charge on any atom is 0.262 e. The number of benzene rings is 1. The molecule has 0 aromatic heterocycles. The first-order valence-corrected chi connectivity index (χ1v) is 7.12. The molecule has 0 aliphatic heterocycles. The van der Waals surface area contributed by atoms with Crippen molar-refractivity contribution in [2.75, 3.05) is 6.61 Å². The van der Waals surface area contributed by atoms with E-state index in [4.69, 9.17) is 39.6 Å². The lowest BCUT2D eigenvalue weighted by atomic mass is 10.1. The summed E-state index contributed by atoms with van der Waals surface area (Å²) in [5.41, 5.74) is 0.469. The molecule has 1 aromatic rings. The van der Waals surface area contributed by atoms with Gasteiger partial charge in [-0.1, -0.05) is 29.1 Å². The molecule has 1 aromatic carbocycles. The Kier molecular flexibility index (Phi) is 6.79. The molecule has 0 atom stereocenters. The SMILES string of the molecule is C#CCOc1c(Cl)cc(/C=C(/C#N)C(=O)NC(C)C)cc1Cl. The molecule has 22 heavy (non-hydrogen) atoms.